The van der Waals surface area contributed by atoms with Crippen molar-refractivity contribution in [3.05, 3.63) is 24.3 Å². The van der Waals surface area contributed by atoms with Crippen molar-refractivity contribution in [1.29, 1.82) is 0 Å². The van der Waals surface area contributed by atoms with Crippen LogP contribution in [0, 0.1) is 11.8 Å². The van der Waals surface area contributed by atoms with Crippen molar-refractivity contribution in [2.75, 3.05) is 0 Å². The Labute approximate surface area is 167 Å². The minimum absolute atomic E-state index is 0.0825. The lowest BCUT2D eigenvalue weighted by Gasteiger charge is -2.14. The van der Waals surface area contributed by atoms with Crippen LogP contribution in [0.4, 0.5) is 0 Å². The summed E-state index contributed by atoms with van der Waals surface area (Å²) in [5, 5.41) is 9.54. The predicted octanol–water partition coefficient (Wildman–Crippen LogP) is 6.20. The number of ketones is 2. The molecule has 3 nitrogen and oxygen atoms in total. The van der Waals surface area contributed by atoms with Crippen LogP contribution >= 0.6 is 0 Å². The molecule has 0 aromatic rings. The fourth-order valence-corrected chi connectivity index (χ4v) is 2.93. The molecular weight excluding hydrogens is 336 g/mol. The molecule has 0 saturated carbocycles. The number of hydrogen-bond donors (Lipinski definition) is 1. The molecule has 3 heteroatoms. The highest BCUT2D eigenvalue weighted by molar-refractivity contribution is 5.81. The van der Waals surface area contributed by atoms with Crippen LogP contribution in [0.3, 0.4) is 0 Å². The van der Waals surface area contributed by atoms with Gasteiger partial charge in [0.2, 0.25) is 0 Å². The van der Waals surface area contributed by atoms with Crippen molar-refractivity contribution in [2.24, 2.45) is 11.8 Å². The second-order valence-electron chi connectivity index (χ2n) is 7.96. The van der Waals surface area contributed by atoms with Crippen molar-refractivity contribution >= 4 is 11.6 Å². The van der Waals surface area contributed by atoms with Crippen LogP contribution in [0.5, 0.6) is 0 Å². The van der Waals surface area contributed by atoms with Crippen LogP contribution in [-0.2, 0) is 9.59 Å². The van der Waals surface area contributed by atoms with E-state index >= 15 is 0 Å². The summed E-state index contributed by atoms with van der Waals surface area (Å²) in [6, 6.07) is 0. The van der Waals surface area contributed by atoms with E-state index in [2.05, 4.69) is 13.0 Å². The summed E-state index contributed by atoms with van der Waals surface area (Å²) in [4.78, 5) is 24.0. The Morgan fingerprint density at radius 1 is 0.889 bits per heavy atom. The molecule has 0 aliphatic heterocycles. The third-order valence-electron chi connectivity index (χ3n) is 4.97. The van der Waals surface area contributed by atoms with E-state index < -0.39 is 0 Å². The van der Waals surface area contributed by atoms with Gasteiger partial charge in [0.05, 0.1) is 6.10 Å². The Bertz CT molecular complexity index is 449. The van der Waals surface area contributed by atoms with Crippen molar-refractivity contribution in [3.8, 4) is 0 Å². The molecule has 0 amide bonds. The molecule has 0 radical (unpaired) electrons. The number of Topliss-reactive ketones (excluding diaryl/α,β-unsaturated/α-hetero) is 2. The first-order valence-corrected chi connectivity index (χ1v) is 10.9. The Kier molecular flexibility index (Phi) is 16.2. The number of carbonyl (C=O) groups excluding carboxylic acids is 2. The summed E-state index contributed by atoms with van der Waals surface area (Å²) in [5.41, 5.74) is 0. The summed E-state index contributed by atoms with van der Waals surface area (Å²) in [7, 11) is 0. The smallest absolute Gasteiger partial charge is 0.139 e. The quantitative estimate of drug-likeness (QED) is 0.242. The summed E-state index contributed by atoms with van der Waals surface area (Å²) >= 11 is 0. The second kappa shape index (κ2) is 16.9. The monoisotopic (exact) mass is 378 g/mol. The molecule has 0 aromatic carbocycles. The SMILES string of the molecule is CCCCCCC(C/C=C/CC(=O)C(C)C)CC(=O)C/C=C/CC(O)CC. The molecule has 0 aromatic heterocycles. The maximum Gasteiger partial charge on any atom is 0.139 e. The molecular formula is C24H42O3. The van der Waals surface area contributed by atoms with E-state index in [0.29, 0.717) is 31.6 Å². The van der Waals surface area contributed by atoms with Gasteiger partial charge in [-0.05, 0) is 31.6 Å². The Hall–Kier alpha value is -1.22. The molecule has 2 unspecified atom stereocenters. The van der Waals surface area contributed by atoms with Crippen molar-refractivity contribution in [1.82, 2.24) is 0 Å². The first kappa shape index (κ1) is 25.8. The Morgan fingerprint density at radius 2 is 1.56 bits per heavy atom. The fraction of sp³-hybridized carbons (Fsp3) is 0.750. The predicted molar refractivity (Wildman–Crippen MR) is 115 cm³/mol. The van der Waals surface area contributed by atoms with Gasteiger partial charge in [0.25, 0.3) is 0 Å². The first-order valence-electron chi connectivity index (χ1n) is 10.9. The van der Waals surface area contributed by atoms with Gasteiger partial charge in [-0.3, -0.25) is 9.59 Å². The topological polar surface area (TPSA) is 54.4 Å². The number of unbranched alkanes of at least 4 members (excludes halogenated alkanes) is 3. The van der Waals surface area contributed by atoms with E-state index in [4.69, 9.17) is 0 Å². The van der Waals surface area contributed by atoms with Crippen LogP contribution in [0.1, 0.15) is 98.3 Å². The average Bonchev–Trinajstić information content (AvgIpc) is 2.64. The molecule has 0 heterocycles. The maximum absolute atomic E-state index is 12.3. The minimum atomic E-state index is -0.304. The average molecular weight is 379 g/mol. The number of aliphatic hydroxyl groups is 1. The highest BCUT2D eigenvalue weighted by atomic mass is 16.3. The number of carbonyl (C=O) groups is 2. The molecule has 2 atom stereocenters. The van der Waals surface area contributed by atoms with Crippen LogP contribution < -0.4 is 0 Å². The van der Waals surface area contributed by atoms with Crippen LogP contribution in [0.15, 0.2) is 24.3 Å². The van der Waals surface area contributed by atoms with E-state index in [0.717, 1.165) is 19.3 Å². The molecule has 0 bridgehead atoms. The lowest BCUT2D eigenvalue weighted by atomic mass is 9.91. The van der Waals surface area contributed by atoms with E-state index in [1.807, 2.05) is 39.0 Å². The minimum Gasteiger partial charge on any atom is -0.393 e. The number of aliphatic hydroxyl groups excluding tert-OH is 1. The van der Waals surface area contributed by atoms with Gasteiger partial charge >= 0.3 is 0 Å². The molecule has 0 rings (SSSR count). The number of hydrogen-bond acceptors (Lipinski definition) is 3. The summed E-state index contributed by atoms with van der Waals surface area (Å²) in [6.45, 7) is 8.02. The summed E-state index contributed by atoms with van der Waals surface area (Å²) < 4.78 is 0. The Morgan fingerprint density at radius 3 is 2.19 bits per heavy atom. The lowest BCUT2D eigenvalue weighted by molar-refractivity contribution is -0.121. The molecule has 0 aliphatic rings. The van der Waals surface area contributed by atoms with Gasteiger partial charge in [0.1, 0.15) is 11.6 Å². The van der Waals surface area contributed by atoms with E-state index in [9.17, 15) is 14.7 Å². The third kappa shape index (κ3) is 15.5. The first-order chi connectivity index (χ1) is 12.9. The zero-order chi connectivity index (χ0) is 20.5. The zero-order valence-corrected chi connectivity index (χ0v) is 18.1. The molecule has 0 saturated heterocycles. The highest BCUT2D eigenvalue weighted by Gasteiger charge is 2.12. The molecule has 0 spiro atoms. The number of rotatable bonds is 17. The normalized spacial score (nSPS) is 14.3. The summed E-state index contributed by atoms with van der Waals surface area (Å²) in [6.07, 6.45) is 17.3. The Balaban J connectivity index is 4.40. The van der Waals surface area contributed by atoms with Crippen molar-refractivity contribution in [3.63, 3.8) is 0 Å². The standard InChI is InChI=1S/C24H42O3/c1-5-7-8-9-14-21(15-10-13-18-24(27)20(3)4)19-23(26)17-12-11-16-22(25)6-2/h10-13,20-22,25H,5-9,14-19H2,1-4H3/b12-11+,13-10+. The van der Waals surface area contributed by atoms with Gasteiger partial charge < -0.3 is 5.11 Å². The van der Waals surface area contributed by atoms with E-state index in [-0.39, 0.29) is 23.6 Å². The van der Waals surface area contributed by atoms with Gasteiger partial charge in [0, 0.05) is 25.2 Å². The van der Waals surface area contributed by atoms with Gasteiger partial charge in [0.15, 0.2) is 0 Å². The van der Waals surface area contributed by atoms with Gasteiger partial charge in [-0.25, -0.2) is 0 Å². The third-order valence-corrected chi connectivity index (χ3v) is 4.97. The van der Waals surface area contributed by atoms with Crippen LogP contribution in [0.25, 0.3) is 0 Å². The zero-order valence-electron chi connectivity index (χ0n) is 18.1. The molecule has 156 valence electrons. The second-order valence-corrected chi connectivity index (χ2v) is 7.96. The van der Waals surface area contributed by atoms with Crippen LogP contribution in [0.2, 0.25) is 0 Å². The molecule has 1 N–H and O–H groups in total. The van der Waals surface area contributed by atoms with E-state index in [1.54, 1.807) is 0 Å². The van der Waals surface area contributed by atoms with Crippen molar-refractivity contribution < 1.29 is 14.7 Å². The van der Waals surface area contributed by atoms with Gasteiger partial charge in [-0.2, -0.15) is 0 Å². The fourth-order valence-electron chi connectivity index (χ4n) is 2.93. The summed E-state index contributed by atoms with van der Waals surface area (Å²) in [5.74, 6) is 0.985. The molecule has 27 heavy (non-hydrogen) atoms. The largest absolute Gasteiger partial charge is 0.393 e. The molecule has 0 aliphatic carbocycles. The molecule has 0 fully saturated rings. The highest BCUT2D eigenvalue weighted by Crippen LogP contribution is 2.20. The van der Waals surface area contributed by atoms with Crippen LogP contribution in [-0.4, -0.2) is 22.8 Å². The maximum atomic E-state index is 12.3. The van der Waals surface area contributed by atoms with Gasteiger partial charge in [-0.15, -0.1) is 0 Å². The van der Waals surface area contributed by atoms with E-state index in [1.165, 1.54) is 25.7 Å². The lowest BCUT2D eigenvalue weighted by Crippen LogP contribution is -2.08. The van der Waals surface area contributed by atoms with Crippen molar-refractivity contribution in [2.45, 2.75) is 104 Å². The number of allylic oxidation sites excluding steroid dienone is 3. The van der Waals surface area contributed by atoms with Gasteiger partial charge in [-0.1, -0.05) is 77.7 Å².